The van der Waals surface area contributed by atoms with E-state index in [1.807, 2.05) is 29.2 Å². The van der Waals surface area contributed by atoms with Crippen LogP contribution in [0.5, 0.6) is 11.5 Å². The summed E-state index contributed by atoms with van der Waals surface area (Å²) in [5.41, 5.74) is 1.06. The highest BCUT2D eigenvalue weighted by Gasteiger charge is 2.35. The van der Waals surface area contributed by atoms with Crippen molar-refractivity contribution in [3.8, 4) is 17.4 Å². The van der Waals surface area contributed by atoms with Crippen LogP contribution in [0.4, 0.5) is 5.82 Å². The Morgan fingerprint density at radius 1 is 1.10 bits per heavy atom. The monoisotopic (exact) mass is 533 g/mol. The molecule has 2 fully saturated rings. The number of imidazole rings is 1. The maximum atomic E-state index is 13.2. The number of amides is 2. The van der Waals surface area contributed by atoms with Gasteiger partial charge in [-0.3, -0.25) is 14.2 Å². The minimum atomic E-state index is -0.235. The van der Waals surface area contributed by atoms with Crippen LogP contribution in [-0.4, -0.2) is 88.5 Å². The molecule has 39 heavy (non-hydrogen) atoms. The summed E-state index contributed by atoms with van der Waals surface area (Å²) in [7, 11) is 0. The minimum Gasteiger partial charge on any atom is -0.454 e. The highest BCUT2D eigenvalue weighted by molar-refractivity contribution is 5.80. The Morgan fingerprint density at radius 2 is 2.03 bits per heavy atom. The van der Waals surface area contributed by atoms with Gasteiger partial charge in [-0.2, -0.15) is 4.98 Å². The third-order valence-electron chi connectivity index (χ3n) is 7.32. The summed E-state index contributed by atoms with van der Waals surface area (Å²) in [5, 5.41) is 3.04. The highest BCUT2D eigenvalue weighted by Crippen LogP contribution is 2.32. The quantitative estimate of drug-likeness (QED) is 0.455. The van der Waals surface area contributed by atoms with Gasteiger partial charge in [-0.1, -0.05) is 6.07 Å². The van der Waals surface area contributed by atoms with Gasteiger partial charge in [0.05, 0.1) is 18.6 Å². The first-order chi connectivity index (χ1) is 19.1. The Bertz CT molecular complexity index is 1310. The summed E-state index contributed by atoms with van der Waals surface area (Å²) in [6.45, 7) is 3.36. The number of nitrogens with zero attached hydrogens (tertiary/aromatic N) is 6. The summed E-state index contributed by atoms with van der Waals surface area (Å²) in [6, 6.07) is 7.42. The van der Waals surface area contributed by atoms with Crippen molar-refractivity contribution in [1.29, 1.82) is 0 Å². The van der Waals surface area contributed by atoms with Crippen LogP contribution in [0.3, 0.4) is 0 Å². The number of benzene rings is 1. The van der Waals surface area contributed by atoms with Crippen molar-refractivity contribution in [2.24, 2.45) is 5.92 Å². The van der Waals surface area contributed by atoms with Gasteiger partial charge in [0, 0.05) is 57.8 Å². The molecule has 0 aliphatic carbocycles. The summed E-state index contributed by atoms with van der Waals surface area (Å²) in [5.74, 6) is 2.59. The first-order valence-corrected chi connectivity index (χ1v) is 13.2. The molecule has 2 amide bonds. The number of hydrogen-bond acceptors (Lipinski definition) is 9. The van der Waals surface area contributed by atoms with Crippen LogP contribution < -0.4 is 19.7 Å². The molecule has 0 bridgehead atoms. The minimum absolute atomic E-state index is 0.0758. The van der Waals surface area contributed by atoms with E-state index < -0.39 is 0 Å². The van der Waals surface area contributed by atoms with Crippen LogP contribution in [0.1, 0.15) is 18.4 Å². The fraction of sp³-hybridized carbons (Fsp3) is 0.444. The Balaban J connectivity index is 1.13. The molecule has 3 aromatic rings. The van der Waals surface area contributed by atoms with Crippen molar-refractivity contribution in [3.63, 3.8) is 0 Å². The highest BCUT2D eigenvalue weighted by atomic mass is 16.7. The van der Waals surface area contributed by atoms with Crippen molar-refractivity contribution in [2.75, 3.05) is 51.1 Å². The molecule has 2 aromatic heterocycles. The summed E-state index contributed by atoms with van der Waals surface area (Å²) < 4.78 is 18.0. The Kier molecular flexibility index (Phi) is 7.26. The second-order valence-electron chi connectivity index (χ2n) is 9.87. The van der Waals surface area contributed by atoms with Crippen molar-refractivity contribution >= 4 is 17.6 Å². The van der Waals surface area contributed by atoms with E-state index in [1.165, 1.54) is 0 Å². The number of hydrogen-bond donors (Lipinski definition) is 1. The fourth-order valence-electron chi connectivity index (χ4n) is 5.25. The van der Waals surface area contributed by atoms with Gasteiger partial charge >= 0.3 is 0 Å². The van der Waals surface area contributed by atoms with Gasteiger partial charge in [0.15, 0.2) is 11.5 Å². The molecule has 0 saturated carbocycles. The molecule has 1 N–H and O–H groups in total. The first kappa shape index (κ1) is 25.1. The molecule has 3 aliphatic heterocycles. The molecule has 2 saturated heterocycles. The van der Waals surface area contributed by atoms with E-state index in [0.29, 0.717) is 57.6 Å². The molecule has 1 aromatic carbocycles. The SMILES string of the molecule is O=C(CC1CN(C(=O)C2CCOC2)CCN1c1ccnc(-n2ccnc2)n1)NCCc1ccc2c(c1)OCO2. The van der Waals surface area contributed by atoms with E-state index in [2.05, 4.69) is 20.2 Å². The van der Waals surface area contributed by atoms with Crippen molar-refractivity contribution in [2.45, 2.75) is 25.3 Å². The summed E-state index contributed by atoms with van der Waals surface area (Å²) >= 11 is 0. The van der Waals surface area contributed by atoms with Gasteiger partial charge in [0.25, 0.3) is 0 Å². The molecule has 204 valence electrons. The van der Waals surface area contributed by atoms with Crippen molar-refractivity contribution < 1.29 is 23.8 Å². The van der Waals surface area contributed by atoms with Crippen LogP contribution in [0.2, 0.25) is 0 Å². The van der Waals surface area contributed by atoms with E-state index in [4.69, 9.17) is 19.2 Å². The molecule has 12 heteroatoms. The van der Waals surface area contributed by atoms with E-state index in [0.717, 1.165) is 23.5 Å². The molecule has 6 rings (SSSR count). The summed E-state index contributed by atoms with van der Waals surface area (Å²) in [4.78, 5) is 43.4. The third kappa shape index (κ3) is 5.65. The number of aromatic nitrogens is 4. The van der Waals surface area contributed by atoms with Gasteiger partial charge in [0.1, 0.15) is 12.1 Å². The number of carbonyl (C=O) groups excluding carboxylic acids is 2. The first-order valence-electron chi connectivity index (χ1n) is 13.2. The number of carbonyl (C=O) groups is 2. The maximum Gasteiger partial charge on any atom is 0.236 e. The van der Waals surface area contributed by atoms with Crippen LogP contribution in [0.25, 0.3) is 5.95 Å². The van der Waals surface area contributed by atoms with Crippen LogP contribution in [-0.2, 0) is 20.7 Å². The normalized spacial score (nSPS) is 20.3. The molecule has 3 aliphatic rings. The lowest BCUT2D eigenvalue weighted by atomic mass is 10.0. The molecule has 0 radical (unpaired) electrons. The number of rotatable bonds is 8. The predicted molar refractivity (Wildman–Crippen MR) is 140 cm³/mol. The average molecular weight is 534 g/mol. The van der Waals surface area contributed by atoms with E-state index in [1.54, 1.807) is 29.5 Å². The van der Waals surface area contributed by atoms with Crippen LogP contribution in [0, 0.1) is 5.92 Å². The van der Waals surface area contributed by atoms with Gasteiger partial charge in [-0.15, -0.1) is 0 Å². The molecular weight excluding hydrogens is 502 g/mol. The van der Waals surface area contributed by atoms with Gasteiger partial charge < -0.3 is 29.3 Å². The van der Waals surface area contributed by atoms with E-state index in [9.17, 15) is 9.59 Å². The van der Waals surface area contributed by atoms with E-state index in [-0.39, 0.29) is 37.0 Å². The number of ether oxygens (including phenoxy) is 3. The molecular formula is C27H31N7O5. The Hall–Kier alpha value is -4.19. The largest absolute Gasteiger partial charge is 0.454 e. The lowest BCUT2D eigenvalue weighted by Gasteiger charge is -2.42. The van der Waals surface area contributed by atoms with Crippen molar-refractivity contribution in [1.82, 2.24) is 29.7 Å². The van der Waals surface area contributed by atoms with Crippen LogP contribution >= 0.6 is 0 Å². The number of nitrogens with one attached hydrogen (secondary N) is 1. The topological polar surface area (TPSA) is 124 Å². The number of anilines is 1. The molecule has 12 nitrogen and oxygen atoms in total. The van der Waals surface area contributed by atoms with Gasteiger partial charge in [-0.25, -0.2) is 9.97 Å². The summed E-state index contributed by atoms with van der Waals surface area (Å²) in [6.07, 6.45) is 8.44. The van der Waals surface area contributed by atoms with Gasteiger partial charge in [-0.05, 0) is 36.6 Å². The zero-order valence-corrected chi connectivity index (χ0v) is 21.6. The van der Waals surface area contributed by atoms with Gasteiger partial charge in [0.2, 0.25) is 24.6 Å². The van der Waals surface area contributed by atoms with E-state index >= 15 is 0 Å². The average Bonchev–Trinajstić information content (AvgIpc) is 3.75. The predicted octanol–water partition coefficient (Wildman–Crippen LogP) is 1.19. The molecule has 2 atom stereocenters. The number of fused-ring (bicyclic) bond motifs is 1. The molecule has 5 heterocycles. The maximum absolute atomic E-state index is 13.2. The fourth-order valence-corrected chi connectivity index (χ4v) is 5.25. The van der Waals surface area contributed by atoms with Crippen LogP contribution in [0.15, 0.2) is 49.2 Å². The molecule has 2 unspecified atom stereocenters. The smallest absolute Gasteiger partial charge is 0.236 e. The third-order valence-corrected chi connectivity index (χ3v) is 7.32. The lowest BCUT2D eigenvalue weighted by Crippen LogP contribution is -2.57. The zero-order chi connectivity index (χ0) is 26.6. The molecule has 0 spiro atoms. The standard InChI is InChI=1S/C27H31N7O5/c35-25(29-6-3-19-1-2-22-23(13-19)39-18-38-22)14-21-15-32(26(36)20-5-12-37-16-20)10-11-34(21)24-4-7-30-27(31-24)33-9-8-28-17-33/h1-2,4,7-9,13,17,20-21H,3,5-6,10-12,14-16,18H2,(H,29,35). The Morgan fingerprint density at radius 3 is 2.87 bits per heavy atom. The lowest BCUT2D eigenvalue weighted by molar-refractivity contribution is -0.137. The van der Waals surface area contributed by atoms with Crippen molar-refractivity contribution in [3.05, 3.63) is 54.7 Å². The second kappa shape index (κ2) is 11.3. The number of piperazine rings is 1. The Labute approximate surface area is 225 Å². The zero-order valence-electron chi connectivity index (χ0n) is 21.6. The second-order valence-corrected chi connectivity index (χ2v) is 9.87.